The van der Waals surface area contributed by atoms with Crippen LogP contribution in [0.3, 0.4) is 0 Å². The number of nitrogens with two attached hydrogens (primary N) is 1. The van der Waals surface area contributed by atoms with Crippen LogP contribution in [0, 0.1) is 11.2 Å². The van der Waals surface area contributed by atoms with Gasteiger partial charge >= 0.3 is 0 Å². The summed E-state index contributed by atoms with van der Waals surface area (Å²) >= 11 is 0. The Morgan fingerprint density at radius 1 is 1.20 bits per heavy atom. The Balaban J connectivity index is 0.00000370. The van der Waals surface area contributed by atoms with Crippen molar-refractivity contribution >= 4 is 46.7 Å². The number of nitrogens with zero attached hydrogens (tertiary/aromatic N) is 3. The number of hydrogen-bond donors (Lipinski definition) is 3. The highest BCUT2D eigenvalue weighted by Gasteiger charge is 2.54. The lowest BCUT2D eigenvalue weighted by molar-refractivity contribution is -0.142. The lowest BCUT2D eigenvalue weighted by atomic mass is 9.73. The Labute approximate surface area is 238 Å². The number of amides is 3. The summed E-state index contributed by atoms with van der Waals surface area (Å²) in [5.74, 6) is -1.31. The van der Waals surface area contributed by atoms with Crippen LogP contribution in [0.1, 0.15) is 31.4 Å². The van der Waals surface area contributed by atoms with Crippen LogP contribution < -0.4 is 11.1 Å². The number of para-hydroxylation sites is 1. The fraction of sp³-hybridized carbons (Fsp3) is 0.379. The molecule has 212 valence electrons. The molecule has 1 saturated heterocycles. The van der Waals surface area contributed by atoms with Crippen LogP contribution in [-0.2, 0) is 27.2 Å². The quantitative estimate of drug-likeness (QED) is 0.405. The maximum atomic E-state index is 14.1. The molecule has 0 spiro atoms. The fourth-order valence-corrected chi connectivity index (χ4v) is 5.51. The van der Waals surface area contributed by atoms with Gasteiger partial charge < -0.3 is 20.9 Å². The van der Waals surface area contributed by atoms with Crippen LogP contribution in [0.5, 0.6) is 0 Å². The SMILES string of the molecule is CN1N=C2CCN(C(=O)[C@@H](Cc3c[nH]c4ccccc34)NC(=O)C(C)(C)N)CC2(Cc2ccc(F)cc2)C1=O.Cl. The van der Waals surface area contributed by atoms with Crippen LogP contribution in [0.4, 0.5) is 4.39 Å². The van der Waals surface area contributed by atoms with Gasteiger partial charge in [-0.05, 0) is 49.6 Å². The molecule has 0 saturated carbocycles. The molecule has 1 aromatic heterocycles. The summed E-state index contributed by atoms with van der Waals surface area (Å²) in [5.41, 5.74) is 7.12. The molecule has 11 heteroatoms. The van der Waals surface area contributed by atoms with Crippen molar-refractivity contribution in [2.75, 3.05) is 20.1 Å². The standard InChI is InChI=1S/C29H33FN6O3.ClH/c1-28(2,31)26(38)33-23(14-19-16-32-22-7-5-4-6-21(19)22)25(37)36-13-12-24-29(17-36,27(39)35(3)34-24)15-18-8-10-20(30)11-9-18;/h4-11,16,23,32H,12-15,17,31H2,1-3H3,(H,33,38);1H/t23-,29?;/m1./s1. The highest BCUT2D eigenvalue weighted by atomic mass is 35.5. The number of hydrazone groups is 1. The van der Waals surface area contributed by atoms with Gasteiger partial charge in [0.25, 0.3) is 5.91 Å². The minimum atomic E-state index is -1.19. The summed E-state index contributed by atoms with van der Waals surface area (Å²) in [7, 11) is 1.61. The van der Waals surface area contributed by atoms with Gasteiger partial charge in [-0.1, -0.05) is 30.3 Å². The van der Waals surface area contributed by atoms with Gasteiger partial charge in [-0.25, -0.2) is 9.40 Å². The zero-order valence-electron chi connectivity index (χ0n) is 22.7. The average Bonchev–Trinajstić information content (AvgIpc) is 3.42. The minimum absolute atomic E-state index is 0. The number of carbonyl (C=O) groups is 3. The second-order valence-electron chi connectivity index (χ2n) is 11.1. The van der Waals surface area contributed by atoms with Crippen molar-refractivity contribution < 1.29 is 18.8 Å². The van der Waals surface area contributed by atoms with Gasteiger partial charge in [0, 0.05) is 50.1 Å². The predicted molar refractivity (Wildman–Crippen MR) is 153 cm³/mol. The first-order chi connectivity index (χ1) is 18.5. The van der Waals surface area contributed by atoms with E-state index in [2.05, 4.69) is 15.4 Å². The molecule has 2 aromatic carbocycles. The third kappa shape index (κ3) is 5.46. The second-order valence-corrected chi connectivity index (χ2v) is 11.1. The van der Waals surface area contributed by atoms with Crippen molar-refractivity contribution in [1.82, 2.24) is 20.2 Å². The minimum Gasteiger partial charge on any atom is -0.361 e. The van der Waals surface area contributed by atoms with Gasteiger partial charge in [0.05, 0.1) is 11.3 Å². The summed E-state index contributed by atoms with van der Waals surface area (Å²) < 4.78 is 13.6. The summed E-state index contributed by atoms with van der Waals surface area (Å²) in [6.07, 6.45) is 2.80. The van der Waals surface area contributed by atoms with Crippen molar-refractivity contribution in [3.8, 4) is 0 Å². The molecule has 3 heterocycles. The summed E-state index contributed by atoms with van der Waals surface area (Å²) in [5, 5.41) is 9.65. The average molecular weight is 569 g/mol. The number of carbonyl (C=O) groups excluding carboxylic acids is 3. The van der Waals surface area contributed by atoms with E-state index in [9.17, 15) is 18.8 Å². The van der Waals surface area contributed by atoms with E-state index in [4.69, 9.17) is 5.73 Å². The van der Waals surface area contributed by atoms with Crippen molar-refractivity contribution in [3.05, 3.63) is 71.7 Å². The number of likely N-dealkylation sites (tertiary alicyclic amines) is 1. The van der Waals surface area contributed by atoms with Crippen LogP contribution in [0.25, 0.3) is 10.9 Å². The zero-order chi connectivity index (χ0) is 27.9. The number of aromatic amines is 1. The Morgan fingerprint density at radius 2 is 1.90 bits per heavy atom. The molecule has 4 N–H and O–H groups in total. The van der Waals surface area contributed by atoms with Gasteiger partial charge in [0.15, 0.2) is 0 Å². The van der Waals surface area contributed by atoms with Gasteiger partial charge in [0.2, 0.25) is 11.8 Å². The highest BCUT2D eigenvalue weighted by molar-refractivity contribution is 6.13. The fourth-order valence-electron chi connectivity index (χ4n) is 5.51. The number of rotatable bonds is 7. The predicted octanol–water partition coefficient (Wildman–Crippen LogP) is 2.78. The number of H-pyrrole nitrogens is 1. The molecule has 1 unspecified atom stereocenters. The monoisotopic (exact) mass is 568 g/mol. The van der Waals surface area contributed by atoms with Gasteiger partial charge in [0.1, 0.15) is 17.3 Å². The lowest BCUT2D eigenvalue weighted by Gasteiger charge is -2.41. The smallest absolute Gasteiger partial charge is 0.256 e. The van der Waals surface area contributed by atoms with Gasteiger partial charge in [-0.3, -0.25) is 14.4 Å². The van der Waals surface area contributed by atoms with Crippen molar-refractivity contribution in [1.29, 1.82) is 0 Å². The highest BCUT2D eigenvalue weighted by Crippen LogP contribution is 2.38. The molecule has 3 aromatic rings. The first kappa shape index (κ1) is 29.2. The molecule has 40 heavy (non-hydrogen) atoms. The molecule has 0 aliphatic carbocycles. The van der Waals surface area contributed by atoms with E-state index >= 15 is 0 Å². The Kier molecular flexibility index (Phi) is 8.05. The first-order valence-electron chi connectivity index (χ1n) is 13.0. The van der Waals surface area contributed by atoms with Crippen LogP contribution in [0.2, 0.25) is 0 Å². The number of halogens is 2. The Morgan fingerprint density at radius 3 is 2.60 bits per heavy atom. The van der Waals surface area contributed by atoms with Crippen LogP contribution in [0.15, 0.2) is 59.8 Å². The lowest BCUT2D eigenvalue weighted by Crippen LogP contribution is -2.61. The molecule has 5 rings (SSSR count). The third-order valence-electron chi connectivity index (χ3n) is 7.62. The van der Waals surface area contributed by atoms with E-state index in [1.807, 2.05) is 30.5 Å². The molecule has 9 nitrogen and oxygen atoms in total. The van der Waals surface area contributed by atoms with Crippen molar-refractivity contribution in [2.24, 2.45) is 16.3 Å². The molecular weight excluding hydrogens is 535 g/mol. The number of aromatic nitrogens is 1. The zero-order valence-corrected chi connectivity index (χ0v) is 23.6. The summed E-state index contributed by atoms with van der Waals surface area (Å²) in [4.78, 5) is 45.4. The maximum absolute atomic E-state index is 14.1. The number of hydrogen-bond acceptors (Lipinski definition) is 5. The topological polar surface area (TPSA) is 124 Å². The molecule has 0 bridgehead atoms. The van der Waals surface area contributed by atoms with E-state index in [0.29, 0.717) is 18.7 Å². The number of piperidine rings is 1. The number of benzene rings is 2. The van der Waals surface area contributed by atoms with Crippen molar-refractivity contribution in [3.63, 3.8) is 0 Å². The van der Waals surface area contributed by atoms with Crippen LogP contribution >= 0.6 is 12.4 Å². The van der Waals surface area contributed by atoms with E-state index in [0.717, 1.165) is 22.0 Å². The molecule has 2 aliphatic heterocycles. The third-order valence-corrected chi connectivity index (χ3v) is 7.62. The van der Waals surface area contributed by atoms with Crippen molar-refractivity contribution in [2.45, 2.75) is 44.7 Å². The molecule has 2 aliphatic rings. The summed E-state index contributed by atoms with van der Waals surface area (Å²) in [6.45, 7) is 3.64. The molecule has 3 amide bonds. The Bertz CT molecular complexity index is 1460. The van der Waals surface area contributed by atoms with Gasteiger partial charge in [-0.15, -0.1) is 12.4 Å². The van der Waals surface area contributed by atoms with E-state index in [1.165, 1.54) is 17.1 Å². The second kappa shape index (κ2) is 11.0. The normalized spacial score (nSPS) is 19.6. The number of fused-ring (bicyclic) bond motifs is 2. The molecule has 2 atom stereocenters. The molecular formula is C29H34ClFN6O3. The number of nitrogens with one attached hydrogen (secondary N) is 2. The van der Waals surface area contributed by atoms with E-state index in [1.54, 1.807) is 37.9 Å². The van der Waals surface area contributed by atoms with Crippen LogP contribution in [-0.4, -0.2) is 70.0 Å². The maximum Gasteiger partial charge on any atom is 0.256 e. The van der Waals surface area contributed by atoms with E-state index < -0.39 is 22.9 Å². The Hall–Kier alpha value is -3.76. The van der Waals surface area contributed by atoms with E-state index in [-0.39, 0.29) is 49.4 Å². The molecule has 0 radical (unpaired) electrons. The summed E-state index contributed by atoms with van der Waals surface area (Å²) in [6, 6.07) is 12.9. The first-order valence-corrected chi connectivity index (χ1v) is 13.0. The molecule has 1 fully saturated rings. The largest absolute Gasteiger partial charge is 0.361 e. The van der Waals surface area contributed by atoms with Gasteiger partial charge in [-0.2, -0.15) is 5.10 Å².